The molecule has 4 rings (SSSR count). The Hall–Kier alpha value is -2.05. The van der Waals surface area contributed by atoms with Crippen LogP contribution in [-0.4, -0.2) is 55.3 Å². The summed E-state index contributed by atoms with van der Waals surface area (Å²) in [6, 6.07) is 7.18. The monoisotopic (exact) mass is 391 g/mol. The first-order chi connectivity index (χ1) is 13.1. The Balaban J connectivity index is 1.39. The standard InChI is InChI=1S/C20H22ClNO5/c21-14-3-1-13(2-4-14)17-12-26-18-11-15(5-6-16(18)19(17)23)27-20(24)22-7-9-25-10-8-22/h1-4,12,15-16,18H,5-11H2. The van der Waals surface area contributed by atoms with Crippen molar-refractivity contribution in [2.45, 2.75) is 31.5 Å². The second-order valence-corrected chi connectivity index (χ2v) is 7.54. The number of amides is 1. The molecule has 3 atom stereocenters. The van der Waals surface area contributed by atoms with Crippen molar-refractivity contribution < 1.29 is 23.8 Å². The van der Waals surface area contributed by atoms with Gasteiger partial charge in [-0.1, -0.05) is 23.7 Å². The summed E-state index contributed by atoms with van der Waals surface area (Å²) in [4.78, 5) is 26.9. The second-order valence-electron chi connectivity index (χ2n) is 7.10. The van der Waals surface area contributed by atoms with E-state index in [0.29, 0.717) is 56.2 Å². The Morgan fingerprint density at radius 1 is 1.15 bits per heavy atom. The van der Waals surface area contributed by atoms with E-state index in [9.17, 15) is 9.59 Å². The number of Topliss-reactive ketones (excluding diaryl/α,β-unsaturated/α-hetero) is 1. The van der Waals surface area contributed by atoms with Crippen LogP contribution >= 0.6 is 11.6 Å². The van der Waals surface area contributed by atoms with Crippen molar-refractivity contribution in [1.82, 2.24) is 4.90 Å². The van der Waals surface area contributed by atoms with Gasteiger partial charge in [-0.15, -0.1) is 0 Å². The van der Waals surface area contributed by atoms with Crippen LogP contribution in [0.5, 0.6) is 0 Å². The van der Waals surface area contributed by atoms with E-state index in [4.69, 9.17) is 25.8 Å². The van der Waals surface area contributed by atoms with Crippen LogP contribution < -0.4 is 0 Å². The third-order valence-electron chi connectivity index (χ3n) is 5.40. The van der Waals surface area contributed by atoms with Crippen LogP contribution in [0, 0.1) is 5.92 Å². The number of hydrogen-bond acceptors (Lipinski definition) is 5. The van der Waals surface area contributed by atoms with Gasteiger partial charge in [0.25, 0.3) is 0 Å². The Labute approximate surface area is 163 Å². The zero-order chi connectivity index (χ0) is 18.8. The normalized spacial score (nSPS) is 28.0. The highest BCUT2D eigenvalue weighted by molar-refractivity contribution is 6.30. The van der Waals surface area contributed by atoms with E-state index in [1.165, 1.54) is 0 Å². The van der Waals surface area contributed by atoms with Crippen molar-refractivity contribution in [3.8, 4) is 0 Å². The number of morpholine rings is 1. The fraction of sp³-hybridized carbons (Fsp3) is 0.500. The molecule has 1 aromatic rings. The second kappa shape index (κ2) is 7.90. The lowest BCUT2D eigenvalue weighted by Crippen LogP contribution is -2.45. The van der Waals surface area contributed by atoms with Crippen LogP contribution in [0.2, 0.25) is 5.02 Å². The van der Waals surface area contributed by atoms with Crippen LogP contribution in [-0.2, 0) is 19.0 Å². The summed E-state index contributed by atoms with van der Waals surface area (Å²) in [5.41, 5.74) is 1.39. The van der Waals surface area contributed by atoms with Crippen molar-refractivity contribution in [3.05, 3.63) is 41.1 Å². The van der Waals surface area contributed by atoms with Gasteiger partial charge in [0.15, 0.2) is 5.78 Å². The molecule has 7 heteroatoms. The fourth-order valence-electron chi connectivity index (χ4n) is 3.87. The van der Waals surface area contributed by atoms with Gasteiger partial charge in [0.1, 0.15) is 12.2 Å². The predicted molar refractivity (Wildman–Crippen MR) is 99.3 cm³/mol. The molecular formula is C20H22ClNO5. The predicted octanol–water partition coefficient (Wildman–Crippen LogP) is 3.29. The van der Waals surface area contributed by atoms with Crippen LogP contribution in [0.1, 0.15) is 24.8 Å². The molecule has 0 bridgehead atoms. The number of fused-ring (bicyclic) bond motifs is 1. The van der Waals surface area contributed by atoms with Gasteiger partial charge in [0, 0.05) is 24.5 Å². The number of ketones is 1. The molecule has 6 nitrogen and oxygen atoms in total. The van der Waals surface area contributed by atoms with Crippen molar-refractivity contribution in [3.63, 3.8) is 0 Å². The maximum absolute atomic E-state index is 12.9. The van der Waals surface area contributed by atoms with E-state index in [1.807, 2.05) is 12.1 Å². The van der Waals surface area contributed by atoms with Gasteiger partial charge in [0.05, 0.1) is 31.0 Å². The molecule has 0 radical (unpaired) electrons. The third-order valence-corrected chi connectivity index (χ3v) is 5.65. The zero-order valence-corrected chi connectivity index (χ0v) is 15.7. The summed E-state index contributed by atoms with van der Waals surface area (Å²) in [7, 11) is 0. The Kier molecular flexibility index (Phi) is 5.36. The molecule has 3 unspecified atom stereocenters. The first kappa shape index (κ1) is 18.3. The topological polar surface area (TPSA) is 65.1 Å². The number of hydrogen-bond donors (Lipinski definition) is 0. The first-order valence-corrected chi connectivity index (χ1v) is 9.68. The lowest BCUT2D eigenvalue weighted by Gasteiger charge is -2.38. The van der Waals surface area contributed by atoms with E-state index < -0.39 is 0 Å². The fourth-order valence-corrected chi connectivity index (χ4v) is 3.99. The van der Waals surface area contributed by atoms with Gasteiger partial charge >= 0.3 is 6.09 Å². The third kappa shape index (κ3) is 3.96. The van der Waals surface area contributed by atoms with Crippen molar-refractivity contribution in [1.29, 1.82) is 0 Å². The summed E-state index contributed by atoms with van der Waals surface area (Å²) >= 11 is 5.92. The quantitative estimate of drug-likeness (QED) is 0.774. The molecule has 0 aromatic heterocycles. The van der Waals surface area contributed by atoms with Crippen LogP contribution in [0.25, 0.3) is 5.57 Å². The molecule has 1 saturated heterocycles. The Morgan fingerprint density at radius 3 is 2.63 bits per heavy atom. The van der Waals surface area contributed by atoms with Crippen LogP contribution in [0.4, 0.5) is 4.79 Å². The summed E-state index contributed by atoms with van der Waals surface area (Å²) < 4.78 is 16.8. The van der Waals surface area contributed by atoms with E-state index in [0.717, 1.165) is 5.56 Å². The molecule has 2 fully saturated rings. The molecule has 27 heavy (non-hydrogen) atoms. The minimum Gasteiger partial charge on any atom is -0.496 e. The Bertz CT molecular complexity index is 741. The minimum atomic E-state index is -0.304. The number of ether oxygens (including phenoxy) is 3. The lowest BCUT2D eigenvalue weighted by atomic mass is 9.78. The maximum atomic E-state index is 12.9. The molecule has 1 aromatic carbocycles. The summed E-state index contributed by atoms with van der Waals surface area (Å²) in [5, 5.41) is 0.629. The minimum absolute atomic E-state index is 0.0894. The van der Waals surface area contributed by atoms with Gasteiger partial charge < -0.3 is 19.1 Å². The van der Waals surface area contributed by atoms with E-state index in [2.05, 4.69) is 0 Å². The average Bonchev–Trinajstić information content (AvgIpc) is 2.70. The molecule has 3 aliphatic rings. The first-order valence-electron chi connectivity index (χ1n) is 9.31. The van der Waals surface area contributed by atoms with E-state index >= 15 is 0 Å². The molecule has 2 heterocycles. The smallest absolute Gasteiger partial charge is 0.410 e. The number of nitrogens with zero attached hydrogens (tertiary/aromatic N) is 1. The molecule has 0 spiro atoms. The molecule has 2 aliphatic heterocycles. The highest BCUT2D eigenvalue weighted by Crippen LogP contribution is 2.37. The molecule has 1 amide bonds. The van der Waals surface area contributed by atoms with Crippen LogP contribution in [0.15, 0.2) is 30.5 Å². The zero-order valence-electron chi connectivity index (χ0n) is 14.9. The highest BCUT2D eigenvalue weighted by Gasteiger charge is 2.41. The number of carbonyl (C=O) groups is 2. The highest BCUT2D eigenvalue weighted by atomic mass is 35.5. The number of benzene rings is 1. The van der Waals surface area contributed by atoms with Gasteiger partial charge in [0.2, 0.25) is 0 Å². The molecule has 144 valence electrons. The number of carbonyl (C=O) groups excluding carboxylic acids is 2. The molecule has 1 saturated carbocycles. The lowest BCUT2D eigenvalue weighted by molar-refractivity contribution is -0.126. The van der Waals surface area contributed by atoms with Gasteiger partial charge in [-0.25, -0.2) is 4.79 Å². The largest absolute Gasteiger partial charge is 0.496 e. The van der Waals surface area contributed by atoms with E-state index in [-0.39, 0.29) is 30.0 Å². The Morgan fingerprint density at radius 2 is 1.89 bits per heavy atom. The number of rotatable bonds is 2. The van der Waals surface area contributed by atoms with Crippen molar-refractivity contribution in [2.24, 2.45) is 5.92 Å². The van der Waals surface area contributed by atoms with Crippen molar-refractivity contribution >= 4 is 29.1 Å². The number of halogens is 1. The molecular weight excluding hydrogens is 370 g/mol. The average molecular weight is 392 g/mol. The summed E-state index contributed by atoms with van der Waals surface area (Å²) in [6.07, 6.45) is 2.62. The van der Waals surface area contributed by atoms with Crippen LogP contribution in [0.3, 0.4) is 0 Å². The maximum Gasteiger partial charge on any atom is 0.410 e. The van der Waals surface area contributed by atoms with Gasteiger partial charge in [-0.05, 0) is 30.5 Å². The van der Waals surface area contributed by atoms with Gasteiger partial charge in [-0.3, -0.25) is 4.79 Å². The van der Waals surface area contributed by atoms with E-state index in [1.54, 1.807) is 23.3 Å². The number of allylic oxidation sites excluding steroid dienone is 1. The summed E-state index contributed by atoms with van der Waals surface area (Å²) in [5.74, 6) is -0.106. The van der Waals surface area contributed by atoms with Crippen molar-refractivity contribution in [2.75, 3.05) is 26.3 Å². The van der Waals surface area contributed by atoms with Gasteiger partial charge in [-0.2, -0.15) is 0 Å². The summed E-state index contributed by atoms with van der Waals surface area (Å²) in [6.45, 7) is 2.19. The molecule has 1 aliphatic carbocycles. The SMILES string of the molecule is O=C1C(c2ccc(Cl)cc2)=COC2CC(OC(=O)N3CCOCC3)CCC12. The molecule has 0 N–H and O–H groups in total.